The van der Waals surface area contributed by atoms with Gasteiger partial charge in [0, 0.05) is 12.1 Å². The second-order valence-electron chi connectivity index (χ2n) is 3.81. The Bertz CT molecular complexity index is 363. The highest BCUT2D eigenvalue weighted by atomic mass is 16.5. The van der Waals surface area contributed by atoms with E-state index in [-0.39, 0.29) is 6.10 Å². The second kappa shape index (κ2) is 6.97. The lowest BCUT2D eigenvalue weighted by Crippen LogP contribution is -2.15. The zero-order valence-corrected chi connectivity index (χ0v) is 10.8. The number of ether oxygens (including phenoxy) is 2. The average Bonchev–Trinajstić information content (AvgIpc) is 2.37. The Labute approximate surface area is 103 Å². The molecule has 0 radical (unpaired) electrons. The largest absolute Gasteiger partial charge is 0.497 e. The summed E-state index contributed by atoms with van der Waals surface area (Å²) in [7, 11) is 1.67. The number of methoxy groups -OCH3 is 1. The fourth-order valence-electron chi connectivity index (χ4n) is 1.44. The molecule has 0 heterocycles. The number of nitrogens with one attached hydrogen (secondary N) is 1. The van der Waals surface area contributed by atoms with Gasteiger partial charge in [0.05, 0.1) is 7.11 Å². The first-order valence-electron chi connectivity index (χ1n) is 5.88. The molecule has 0 aliphatic carbocycles. The standard InChI is InChI=1S/C14H21NO2/c1-5-11(3)17-14-8-7-13(16-4)9-12(14)10-15-6-2/h5,7-9,11,15H,1,6,10H2,2-4H3. The van der Waals surface area contributed by atoms with E-state index < -0.39 is 0 Å². The summed E-state index contributed by atoms with van der Waals surface area (Å²) in [5, 5.41) is 3.29. The molecule has 0 aliphatic heterocycles. The summed E-state index contributed by atoms with van der Waals surface area (Å²) < 4.78 is 11.0. The fraction of sp³-hybridized carbons (Fsp3) is 0.429. The van der Waals surface area contributed by atoms with E-state index in [1.54, 1.807) is 13.2 Å². The van der Waals surface area contributed by atoms with E-state index >= 15 is 0 Å². The molecule has 1 aromatic rings. The van der Waals surface area contributed by atoms with Crippen LogP contribution in [0.2, 0.25) is 0 Å². The van der Waals surface area contributed by atoms with Crippen molar-refractivity contribution >= 4 is 0 Å². The molecule has 0 amide bonds. The molecule has 17 heavy (non-hydrogen) atoms. The van der Waals surface area contributed by atoms with Gasteiger partial charge < -0.3 is 14.8 Å². The Kier molecular flexibility index (Phi) is 5.57. The summed E-state index contributed by atoms with van der Waals surface area (Å²) in [5.74, 6) is 1.72. The van der Waals surface area contributed by atoms with Gasteiger partial charge in [-0.05, 0) is 31.7 Å². The van der Waals surface area contributed by atoms with Crippen molar-refractivity contribution in [2.45, 2.75) is 26.5 Å². The van der Waals surface area contributed by atoms with Crippen LogP contribution in [0.15, 0.2) is 30.9 Å². The summed E-state index contributed by atoms with van der Waals surface area (Å²) >= 11 is 0. The monoisotopic (exact) mass is 235 g/mol. The maximum absolute atomic E-state index is 5.78. The van der Waals surface area contributed by atoms with Crippen LogP contribution in [0.25, 0.3) is 0 Å². The van der Waals surface area contributed by atoms with Gasteiger partial charge in [-0.25, -0.2) is 0 Å². The minimum absolute atomic E-state index is 0.00349. The van der Waals surface area contributed by atoms with Crippen molar-refractivity contribution < 1.29 is 9.47 Å². The maximum Gasteiger partial charge on any atom is 0.124 e. The number of hydrogen-bond acceptors (Lipinski definition) is 3. The number of rotatable bonds is 7. The molecule has 1 atom stereocenters. The van der Waals surface area contributed by atoms with Gasteiger partial charge in [-0.3, -0.25) is 0 Å². The molecule has 0 spiro atoms. The molecule has 1 aromatic carbocycles. The summed E-state index contributed by atoms with van der Waals surface area (Å²) in [5.41, 5.74) is 1.10. The van der Waals surface area contributed by atoms with Gasteiger partial charge in [-0.15, -0.1) is 0 Å². The normalized spacial score (nSPS) is 11.9. The minimum Gasteiger partial charge on any atom is -0.497 e. The van der Waals surface area contributed by atoms with Gasteiger partial charge in [-0.2, -0.15) is 0 Å². The Morgan fingerprint density at radius 2 is 2.24 bits per heavy atom. The molecule has 3 nitrogen and oxygen atoms in total. The van der Waals surface area contributed by atoms with Crippen LogP contribution in [0.1, 0.15) is 19.4 Å². The fourth-order valence-corrected chi connectivity index (χ4v) is 1.44. The highest BCUT2D eigenvalue weighted by Crippen LogP contribution is 2.25. The van der Waals surface area contributed by atoms with E-state index in [2.05, 4.69) is 18.8 Å². The van der Waals surface area contributed by atoms with E-state index in [9.17, 15) is 0 Å². The average molecular weight is 235 g/mol. The number of benzene rings is 1. The van der Waals surface area contributed by atoms with Crippen LogP contribution in [0, 0.1) is 0 Å². The zero-order chi connectivity index (χ0) is 12.7. The van der Waals surface area contributed by atoms with Crippen molar-refractivity contribution in [3.63, 3.8) is 0 Å². The SMILES string of the molecule is C=CC(C)Oc1ccc(OC)cc1CNCC. The first-order chi connectivity index (χ1) is 8.21. The van der Waals surface area contributed by atoms with Crippen molar-refractivity contribution in [2.24, 2.45) is 0 Å². The van der Waals surface area contributed by atoms with E-state index in [0.717, 1.165) is 30.2 Å². The number of hydrogen-bond donors (Lipinski definition) is 1. The van der Waals surface area contributed by atoms with Crippen LogP contribution in [0.5, 0.6) is 11.5 Å². The highest BCUT2D eigenvalue weighted by Gasteiger charge is 2.07. The molecule has 0 saturated carbocycles. The Hall–Kier alpha value is -1.48. The molecular formula is C14H21NO2. The minimum atomic E-state index is 0.00349. The molecular weight excluding hydrogens is 214 g/mol. The third-order valence-electron chi connectivity index (χ3n) is 2.48. The summed E-state index contributed by atoms with van der Waals surface area (Å²) in [6.07, 6.45) is 1.78. The van der Waals surface area contributed by atoms with Crippen LogP contribution < -0.4 is 14.8 Å². The Balaban J connectivity index is 2.88. The van der Waals surface area contributed by atoms with Crippen LogP contribution in [0.4, 0.5) is 0 Å². The molecule has 94 valence electrons. The van der Waals surface area contributed by atoms with Gasteiger partial charge in [0.1, 0.15) is 17.6 Å². The quantitative estimate of drug-likeness (QED) is 0.737. The molecule has 0 aliphatic rings. The third-order valence-corrected chi connectivity index (χ3v) is 2.48. The van der Waals surface area contributed by atoms with E-state index in [0.29, 0.717) is 0 Å². The lowest BCUT2D eigenvalue weighted by Gasteiger charge is -2.16. The molecule has 0 saturated heterocycles. The van der Waals surface area contributed by atoms with Crippen molar-refractivity contribution in [3.05, 3.63) is 36.4 Å². The zero-order valence-electron chi connectivity index (χ0n) is 10.8. The van der Waals surface area contributed by atoms with E-state index in [1.165, 1.54) is 0 Å². The Morgan fingerprint density at radius 3 is 2.82 bits per heavy atom. The molecule has 1 N–H and O–H groups in total. The highest BCUT2D eigenvalue weighted by molar-refractivity contribution is 5.40. The molecule has 1 rings (SSSR count). The van der Waals surface area contributed by atoms with Crippen LogP contribution >= 0.6 is 0 Å². The van der Waals surface area contributed by atoms with Crippen molar-refractivity contribution in [2.75, 3.05) is 13.7 Å². The molecule has 1 unspecified atom stereocenters. The van der Waals surface area contributed by atoms with Crippen molar-refractivity contribution in [3.8, 4) is 11.5 Å². The first kappa shape index (κ1) is 13.6. The summed E-state index contributed by atoms with van der Waals surface area (Å²) in [6.45, 7) is 9.45. The van der Waals surface area contributed by atoms with E-state index in [4.69, 9.17) is 9.47 Å². The van der Waals surface area contributed by atoms with E-state index in [1.807, 2.05) is 25.1 Å². The molecule has 0 aromatic heterocycles. The Morgan fingerprint density at radius 1 is 1.47 bits per heavy atom. The van der Waals surface area contributed by atoms with Crippen molar-refractivity contribution in [1.29, 1.82) is 0 Å². The van der Waals surface area contributed by atoms with Gasteiger partial charge in [0.15, 0.2) is 0 Å². The van der Waals surface area contributed by atoms with Crippen molar-refractivity contribution in [1.82, 2.24) is 5.32 Å². The lowest BCUT2D eigenvalue weighted by molar-refractivity contribution is 0.266. The maximum atomic E-state index is 5.78. The lowest BCUT2D eigenvalue weighted by atomic mass is 10.2. The van der Waals surface area contributed by atoms with Crippen LogP contribution in [0.3, 0.4) is 0 Å². The third kappa shape index (κ3) is 4.11. The van der Waals surface area contributed by atoms with Gasteiger partial charge in [0.25, 0.3) is 0 Å². The molecule has 0 fully saturated rings. The van der Waals surface area contributed by atoms with Crippen LogP contribution in [-0.2, 0) is 6.54 Å². The topological polar surface area (TPSA) is 30.5 Å². The predicted molar refractivity (Wildman–Crippen MR) is 70.7 cm³/mol. The van der Waals surface area contributed by atoms with Crippen LogP contribution in [-0.4, -0.2) is 19.8 Å². The van der Waals surface area contributed by atoms with Gasteiger partial charge in [-0.1, -0.05) is 19.6 Å². The first-order valence-corrected chi connectivity index (χ1v) is 5.88. The van der Waals surface area contributed by atoms with Gasteiger partial charge in [0.2, 0.25) is 0 Å². The second-order valence-corrected chi connectivity index (χ2v) is 3.81. The smallest absolute Gasteiger partial charge is 0.124 e. The van der Waals surface area contributed by atoms with Gasteiger partial charge >= 0.3 is 0 Å². The summed E-state index contributed by atoms with van der Waals surface area (Å²) in [4.78, 5) is 0. The molecule has 3 heteroatoms. The molecule has 0 bridgehead atoms. The predicted octanol–water partition coefficient (Wildman–Crippen LogP) is 2.76. The summed E-state index contributed by atoms with van der Waals surface area (Å²) in [6, 6.07) is 5.83.